The standard InChI is InChI=1S/C15H15BrN2S/c1-10-7-8-14(12(16)9-10)18-15(19)17-13-6-4-3-5-11(13)2/h3-9H,1-2H3,(H2,17,18,19). The minimum atomic E-state index is 0.582. The van der Waals surface area contributed by atoms with E-state index in [0.717, 1.165) is 21.4 Å². The van der Waals surface area contributed by atoms with E-state index in [1.54, 1.807) is 0 Å². The third-order valence-electron chi connectivity index (χ3n) is 2.77. The zero-order valence-electron chi connectivity index (χ0n) is 10.8. The zero-order chi connectivity index (χ0) is 13.8. The molecule has 0 atom stereocenters. The fourth-order valence-electron chi connectivity index (χ4n) is 1.71. The monoisotopic (exact) mass is 334 g/mol. The number of halogens is 1. The van der Waals surface area contributed by atoms with E-state index in [9.17, 15) is 0 Å². The Kier molecular flexibility index (Phi) is 4.56. The van der Waals surface area contributed by atoms with Crippen LogP contribution in [-0.4, -0.2) is 5.11 Å². The molecule has 0 bridgehead atoms. The Morgan fingerprint density at radius 2 is 1.68 bits per heavy atom. The Bertz CT molecular complexity index is 611. The van der Waals surface area contributed by atoms with E-state index in [2.05, 4.69) is 39.6 Å². The van der Waals surface area contributed by atoms with Crippen molar-refractivity contribution >= 4 is 44.6 Å². The molecule has 0 saturated carbocycles. The molecule has 2 nitrogen and oxygen atoms in total. The van der Waals surface area contributed by atoms with Crippen LogP contribution in [0, 0.1) is 13.8 Å². The molecule has 2 rings (SSSR count). The summed E-state index contributed by atoms with van der Waals surface area (Å²) in [5.74, 6) is 0. The van der Waals surface area contributed by atoms with Crippen LogP contribution >= 0.6 is 28.1 Å². The van der Waals surface area contributed by atoms with E-state index in [1.807, 2.05) is 43.3 Å². The number of hydrogen-bond donors (Lipinski definition) is 2. The minimum absolute atomic E-state index is 0.582. The lowest BCUT2D eigenvalue weighted by Crippen LogP contribution is -2.19. The summed E-state index contributed by atoms with van der Waals surface area (Å²) in [5, 5.41) is 6.97. The van der Waals surface area contributed by atoms with Gasteiger partial charge in [-0.25, -0.2) is 0 Å². The summed E-state index contributed by atoms with van der Waals surface area (Å²) in [6.07, 6.45) is 0. The van der Waals surface area contributed by atoms with Gasteiger partial charge in [0.05, 0.1) is 5.69 Å². The van der Waals surface area contributed by atoms with E-state index in [0.29, 0.717) is 5.11 Å². The molecule has 0 fully saturated rings. The molecule has 19 heavy (non-hydrogen) atoms. The molecule has 2 N–H and O–H groups in total. The maximum Gasteiger partial charge on any atom is 0.175 e. The van der Waals surface area contributed by atoms with Crippen molar-refractivity contribution < 1.29 is 0 Å². The van der Waals surface area contributed by atoms with Gasteiger partial charge in [0.1, 0.15) is 0 Å². The summed E-state index contributed by atoms with van der Waals surface area (Å²) in [7, 11) is 0. The van der Waals surface area contributed by atoms with Crippen molar-refractivity contribution in [3.05, 3.63) is 58.1 Å². The highest BCUT2D eigenvalue weighted by atomic mass is 79.9. The smallest absolute Gasteiger partial charge is 0.175 e. The molecule has 4 heteroatoms. The van der Waals surface area contributed by atoms with Crippen LogP contribution in [0.4, 0.5) is 11.4 Å². The zero-order valence-corrected chi connectivity index (χ0v) is 13.2. The number of aryl methyl sites for hydroxylation is 2. The van der Waals surface area contributed by atoms with E-state index in [1.165, 1.54) is 5.56 Å². The highest BCUT2D eigenvalue weighted by Crippen LogP contribution is 2.23. The van der Waals surface area contributed by atoms with E-state index >= 15 is 0 Å². The first-order chi connectivity index (χ1) is 9.06. The third-order valence-corrected chi connectivity index (χ3v) is 3.63. The van der Waals surface area contributed by atoms with Crippen molar-refractivity contribution in [2.75, 3.05) is 10.6 Å². The molecule has 98 valence electrons. The topological polar surface area (TPSA) is 24.1 Å². The van der Waals surface area contributed by atoms with Crippen LogP contribution in [0.1, 0.15) is 11.1 Å². The molecule has 0 aliphatic heterocycles. The summed E-state index contributed by atoms with van der Waals surface area (Å²) in [4.78, 5) is 0. The van der Waals surface area contributed by atoms with Crippen LogP contribution in [0.15, 0.2) is 46.9 Å². The fraction of sp³-hybridized carbons (Fsp3) is 0.133. The number of rotatable bonds is 2. The lowest BCUT2D eigenvalue weighted by Gasteiger charge is -2.13. The van der Waals surface area contributed by atoms with Crippen LogP contribution in [0.25, 0.3) is 0 Å². The highest BCUT2D eigenvalue weighted by Gasteiger charge is 2.04. The van der Waals surface area contributed by atoms with E-state index < -0.39 is 0 Å². The van der Waals surface area contributed by atoms with Crippen molar-refractivity contribution in [1.29, 1.82) is 0 Å². The van der Waals surface area contributed by atoms with Crippen molar-refractivity contribution in [1.82, 2.24) is 0 Å². The fourth-order valence-corrected chi connectivity index (χ4v) is 2.52. The molecule has 0 heterocycles. The number of nitrogens with one attached hydrogen (secondary N) is 2. The number of hydrogen-bond acceptors (Lipinski definition) is 1. The molecule has 0 unspecified atom stereocenters. The largest absolute Gasteiger partial charge is 0.332 e. The molecule has 0 radical (unpaired) electrons. The number of para-hydroxylation sites is 1. The maximum atomic E-state index is 5.33. The van der Waals surface area contributed by atoms with Crippen molar-refractivity contribution in [3.8, 4) is 0 Å². The second kappa shape index (κ2) is 6.17. The first-order valence-corrected chi connectivity index (χ1v) is 7.16. The minimum Gasteiger partial charge on any atom is -0.332 e. The number of benzene rings is 2. The molecule has 0 aliphatic rings. The molecular formula is C15H15BrN2S. The Hall–Kier alpha value is -1.39. The predicted octanol–water partition coefficient (Wildman–Crippen LogP) is 4.87. The van der Waals surface area contributed by atoms with Gasteiger partial charge < -0.3 is 10.6 Å². The van der Waals surface area contributed by atoms with Crippen LogP contribution in [0.5, 0.6) is 0 Å². The average Bonchev–Trinajstić information content (AvgIpc) is 2.36. The Balaban J connectivity index is 2.08. The highest BCUT2D eigenvalue weighted by molar-refractivity contribution is 9.10. The van der Waals surface area contributed by atoms with Crippen molar-refractivity contribution in [3.63, 3.8) is 0 Å². The maximum absolute atomic E-state index is 5.33. The molecule has 0 spiro atoms. The van der Waals surface area contributed by atoms with Crippen LogP contribution in [-0.2, 0) is 0 Å². The normalized spacial score (nSPS) is 10.1. The Labute approximate surface area is 127 Å². The summed E-state index contributed by atoms with van der Waals surface area (Å²) in [5.41, 5.74) is 4.34. The first-order valence-electron chi connectivity index (χ1n) is 5.96. The van der Waals surface area contributed by atoms with Gasteiger partial charge in [-0.1, -0.05) is 24.3 Å². The Morgan fingerprint density at radius 1 is 1.00 bits per heavy atom. The van der Waals surface area contributed by atoms with Gasteiger partial charge in [-0.05, 0) is 71.3 Å². The van der Waals surface area contributed by atoms with Gasteiger partial charge in [0, 0.05) is 10.2 Å². The second-order valence-electron chi connectivity index (χ2n) is 4.38. The molecule has 0 amide bonds. The number of anilines is 2. The summed E-state index contributed by atoms with van der Waals surface area (Å²) < 4.78 is 1.00. The molecule has 0 saturated heterocycles. The van der Waals surface area contributed by atoms with Gasteiger partial charge in [-0.15, -0.1) is 0 Å². The second-order valence-corrected chi connectivity index (χ2v) is 5.64. The molecule has 0 aliphatic carbocycles. The lowest BCUT2D eigenvalue weighted by atomic mass is 10.2. The predicted molar refractivity (Wildman–Crippen MR) is 89.9 cm³/mol. The average molecular weight is 335 g/mol. The van der Waals surface area contributed by atoms with Gasteiger partial charge in [0.15, 0.2) is 5.11 Å². The van der Waals surface area contributed by atoms with Gasteiger partial charge >= 0.3 is 0 Å². The van der Waals surface area contributed by atoms with E-state index in [4.69, 9.17) is 12.2 Å². The van der Waals surface area contributed by atoms with Crippen LogP contribution in [0.3, 0.4) is 0 Å². The van der Waals surface area contributed by atoms with Crippen molar-refractivity contribution in [2.24, 2.45) is 0 Å². The Morgan fingerprint density at radius 3 is 2.37 bits per heavy atom. The summed E-state index contributed by atoms with van der Waals surface area (Å²) in [6.45, 7) is 4.10. The van der Waals surface area contributed by atoms with Gasteiger partial charge in [-0.2, -0.15) is 0 Å². The SMILES string of the molecule is Cc1ccc(NC(=S)Nc2ccccc2C)c(Br)c1. The lowest BCUT2D eigenvalue weighted by molar-refractivity contribution is 1.43. The summed E-state index contributed by atoms with van der Waals surface area (Å²) in [6, 6.07) is 14.2. The molecular weight excluding hydrogens is 320 g/mol. The van der Waals surface area contributed by atoms with Gasteiger partial charge in [-0.3, -0.25) is 0 Å². The van der Waals surface area contributed by atoms with Crippen molar-refractivity contribution in [2.45, 2.75) is 13.8 Å². The van der Waals surface area contributed by atoms with Gasteiger partial charge in [0.2, 0.25) is 0 Å². The van der Waals surface area contributed by atoms with E-state index in [-0.39, 0.29) is 0 Å². The summed E-state index contributed by atoms with van der Waals surface area (Å²) >= 11 is 8.85. The molecule has 2 aromatic carbocycles. The third kappa shape index (κ3) is 3.78. The van der Waals surface area contributed by atoms with Gasteiger partial charge in [0.25, 0.3) is 0 Å². The molecule has 0 aromatic heterocycles. The first kappa shape index (κ1) is 14.0. The number of thiocarbonyl (C=S) groups is 1. The van der Waals surface area contributed by atoms with Crippen LogP contribution < -0.4 is 10.6 Å². The quantitative estimate of drug-likeness (QED) is 0.765. The molecule has 2 aromatic rings. The van der Waals surface area contributed by atoms with Crippen LogP contribution in [0.2, 0.25) is 0 Å².